The molecule has 3 rings (SSSR count). The summed E-state index contributed by atoms with van der Waals surface area (Å²) >= 11 is 1.69. The quantitative estimate of drug-likeness (QED) is 0.577. The molecule has 1 aromatic heterocycles. The van der Waals surface area contributed by atoms with E-state index >= 15 is 0 Å². The fourth-order valence-electron chi connectivity index (χ4n) is 3.19. The smallest absolute Gasteiger partial charge is 0.253 e. The van der Waals surface area contributed by atoms with Crippen LogP contribution in [0.3, 0.4) is 0 Å². The average Bonchev–Trinajstić information content (AvgIpc) is 3.16. The van der Waals surface area contributed by atoms with E-state index in [1.807, 2.05) is 42.3 Å². The third-order valence-electron chi connectivity index (χ3n) is 4.68. The summed E-state index contributed by atoms with van der Waals surface area (Å²) in [4.78, 5) is 24.7. The summed E-state index contributed by atoms with van der Waals surface area (Å²) in [5, 5.41) is 7.62. The second-order valence-electron chi connectivity index (χ2n) is 6.96. The molecule has 0 bridgehead atoms. The predicted octanol–water partition coefficient (Wildman–Crippen LogP) is 3.33. The molecule has 2 N–H and O–H groups in total. The van der Waals surface area contributed by atoms with Crippen LogP contribution in [0.25, 0.3) is 0 Å². The summed E-state index contributed by atoms with van der Waals surface area (Å²) < 4.78 is 0. The summed E-state index contributed by atoms with van der Waals surface area (Å²) in [5.74, 6) is 0.910. The number of carbonyl (C=O) groups is 1. The molecule has 2 heterocycles. The van der Waals surface area contributed by atoms with E-state index in [-0.39, 0.29) is 5.91 Å². The highest BCUT2D eigenvalue weighted by Gasteiger charge is 2.17. The number of guanidine groups is 1. The first-order valence-electron chi connectivity index (χ1n) is 9.97. The van der Waals surface area contributed by atoms with Crippen LogP contribution in [0.15, 0.2) is 35.5 Å². The first-order valence-corrected chi connectivity index (χ1v) is 10.8. The van der Waals surface area contributed by atoms with Gasteiger partial charge in [-0.25, -0.2) is 9.98 Å². The van der Waals surface area contributed by atoms with Gasteiger partial charge in [-0.2, -0.15) is 0 Å². The van der Waals surface area contributed by atoms with Crippen LogP contribution < -0.4 is 10.6 Å². The number of amides is 1. The molecule has 2 aromatic rings. The van der Waals surface area contributed by atoms with Gasteiger partial charge in [0.05, 0.1) is 13.1 Å². The summed E-state index contributed by atoms with van der Waals surface area (Å²) in [6.45, 7) is 7.87. The maximum Gasteiger partial charge on any atom is 0.253 e. The number of nitrogens with one attached hydrogen (secondary N) is 2. The van der Waals surface area contributed by atoms with E-state index in [2.05, 4.69) is 27.5 Å². The van der Waals surface area contributed by atoms with Crippen LogP contribution in [0.1, 0.15) is 52.0 Å². The van der Waals surface area contributed by atoms with E-state index in [1.54, 1.807) is 11.3 Å². The summed E-state index contributed by atoms with van der Waals surface area (Å²) in [6, 6.07) is 7.82. The lowest BCUT2D eigenvalue weighted by Crippen LogP contribution is -2.36. The lowest BCUT2D eigenvalue weighted by Gasteiger charge is -2.26. The average molecular weight is 400 g/mol. The number of nitrogens with zero attached hydrogens (tertiary/aromatic N) is 3. The number of benzene rings is 1. The van der Waals surface area contributed by atoms with Gasteiger partial charge in [0.2, 0.25) is 0 Å². The molecule has 28 heavy (non-hydrogen) atoms. The molecule has 1 aromatic carbocycles. The van der Waals surface area contributed by atoms with E-state index in [0.717, 1.165) is 54.6 Å². The van der Waals surface area contributed by atoms with Gasteiger partial charge in [0, 0.05) is 36.3 Å². The number of piperidine rings is 1. The van der Waals surface area contributed by atoms with Crippen molar-refractivity contribution in [2.45, 2.75) is 46.2 Å². The third kappa shape index (κ3) is 5.79. The van der Waals surface area contributed by atoms with Crippen LogP contribution in [0, 0.1) is 6.92 Å². The van der Waals surface area contributed by atoms with Gasteiger partial charge < -0.3 is 15.5 Å². The molecule has 0 radical (unpaired) electrons. The van der Waals surface area contributed by atoms with Crippen molar-refractivity contribution >= 4 is 23.2 Å². The topological polar surface area (TPSA) is 69.6 Å². The Morgan fingerprint density at radius 2 is 1.93 bits per heavy atom. The van der Waals surface area contributed by atoms with Gasteiger partial charge in [0.1, 0.15) is 5.01 Å². The van der Waals surface area contributed by atoms with E-state index in [9.17, 15) is 4.79 Å². The Kier molecular flexibility index (Phi) is 7.42. The number of aryl methyl sites for hydroxylation is 1. The standard InChI is InChI=1S/C21H29N5OS/c1-3-22-21(25-15-19-23-13-16(2)28-19)24-14-17-7-9-18(10-8-17)20(27)26-11-5-4-6-12-26/h7-10,13H,3-6,11-12,14-15H2,1-2H3,(H2,22,24,25). The number of hydrogen-bond donors (Lipinski definition) is 2. The molecule has 0 saturated carbocycles. The molecule has 0 unspecified atom stereocenters. The molecule has 7 heteroatoms. The highest BCUT2D eigenvalue weighted by molar-refractivity contribution is 7.11. The van der Waals surface area contributed by atoms with Crippen molar-refractivity contribution in [2.24, 2.45) is 4.99 Å². The van der Waals surface area contributed by atoms with Crippen LogP contribution >= 0.6 is 11.3 Å². The second kappa shape index (κ2) is 10.2. The first-order chi connectivity index (χ1) is 13.7. The molecular weight excluding hydrogens is 370 g/mol. The fraction of sp³-hybridized carbons (Fsp3) is 0.476. The monoisotopic (exact) mass is 399 g/mol. The highest BCUT2D eigenvalue weighted by atomic mass is 32.1. The molecule has 1 aliphatic heterocycles. The minimum Gasteiger partial charge on any atom is -0.357 e. The zero-order valence-electron chi connectivity index (χ0n) is 16.7. The Labute approximate surface area is 171 Å². The van der Waals surface area contributed by atoms with E-state index in [4.69, 9.17) is 0 Å². The van der Waals surface area contributed by atoms with Crippen molar-refractivity contribution in [1.82, 2.24) is 20.5 Å². The van der Waals surface area contributed by atoms with Crippen molar-refractivity contribution in [3.8, 4) is 0 Å². The molecule has 0 aliphatic carbocycles. The lowest BCUT2D eigenvalue weighted by molar-refractivity contribution is 0.0724. The molecule has 150 valence electrons. The zero-order valence-corrected chi connectivity index (χ0v) is 17.5. The van der Waals surface area contributed by atoms with Gasteiger partial charge in [0.25, 0.3) is 5.91 Å². The Bertz CT molecular complexity index is 793. The van der Waals surface area contributed by atoms with Gasteiger partial charge >= 0.3 is 0 Å². The normalized spacial score (nSPS) is 14.8. The number of likely N-dealkylation sites (tertiary alicyclic amines) is 1. The van der Waals surface area contributed by atoms with E-state index < -0.39 is 0 Å². The number of carbonyl (C=O) groups excluding carboxylic acids is 1. The zero-order chi connectivity index (χ0) is 19.8. The number of rotatable bonds is 6. The lowest BCUT2D eigenvalue weighted by atomic mass is 10.1. The molecule has 0 spiro atoms. The van der Waals surface area contributed by atoms with Crippen molar-refractivity contribution in [3.63, 3.8) is 0 Å². The van der Waals surface area contributed by atoms with Gasteiger partial charge in [-0.3, -0.25) is 4.79 Å². The van der Waals surface area contributed by atoms with E-state index in [0.29, 0.717) is 13.1 Å². The summed E-state index contributed by atoms with van der Waals surface area (Å²) in [6.07, 6.45) is 5.34. The van der Waals surface area contributed by atoms with Gasteiger partial charge in [-0.05, 0) is 50.8 Å². The SMILES string of the molecule is CCNC(=NCc1ccc(C(=O)N2CCCCC2)cc1)NCc1ncc(C)s1. The molecule has 1 saturated heterocycles. The van der Waals surface area contributed by atoms with Crippen LogP contribution in [0.5, 0.6) is 0 Å². The first kappa shape index (κ1) is 20.3. The second-order valence-corrected chi connectivity index (χ2v) is 8.28. The highest BCUT2D eigenvalue weighted by Crippen LogP contribution is 2.14. The third-order valence-corrected chi connectivity index (χ3v) is 5.60. The predicted molar refractivity (Wildman–Crippen MR) is 115 cm³/mol. The minimum absolute atomic E-state index is 0.142. The molecular formula is C21H29N5OS. The van der Waals surface area contributed by atoms with Gasteiger partial charge in [-0.1, -0.05) is 12.1 Å². The Hall–Kier alpha value is -2.41. The number of aromatic nitrogens is 1. The van der Waals surface area contributed by atoms with Crippen molar-refractivity contribution in [1.29, 1.82) is 0 Å². The van der Waals surface area contributed by atoms with Crippen molar-refractivity contribution < 1.29 is 4.79 Å². The van der Waals surface area contributed by atoms with Gasteiger partial charge in [-0.15, -0.1) is 11.3 Å². The number of hydrogen-bond acceptors (Lipinski definition) is 4. The molecule has 1 aliphatic rings. The molecule has 0 atom stereocenters. The number of aliphatic imine (C=N–C) groups is 1. The van der Waals surface area contributed by atoms with Crippen LogP contribution in [0.4, 0.5) is 0 Å². The Morgan fingerprint density at radius 3 is 2.57 bits per heavy atom. The van der Waals surface area contributed by atoms with Crippen molar-refractivity contribution in [3.05, 3.63) is 51.5 Å². The molecule has 1 amide bonds. The maximum atomic E-state index is 12.6. The summed E-state index contributed by atoms with van der Waals surface area (Å²) in [5.41, 5.74) is 1.84. The fourth-order valence-corrected chi connectivity index (χ4v) is 3.91. The largest absolute Gasteiger partial charge is 0.357 e. The molecule has 1 fully saturated rings. The Balaban J connectivity index is 1.56. The minimum atomic E-state index is 0.142. The van der Waals surface area contributed by atoms with Crippen LogP contribution in [-0.4, -0.2) is 41.4 Å². The van der Waals surface area contributed by atoms with Gasteiger partial charge in [0.15, 0.2) is 5.96 Å². The number of thiazole rings is 1. The van der Waals surface area contributed by atoms with E-state index in [1.165, 1.54) is 11.3 Å². The van der Waals surface area contributed by atoms with Crippen LogP contribution in [-0.2, 0) is 13.1 Å². The van der Waals surface area contributed by atoms with Crippen molar-refractivity contribution in [2.75, 3.05) is 19.6 Å². The van der Waals surface area contributed by atoms with Crippen LogP contribution in [0.2, 0.25) is 0 Å². The maximum absolute atomic E-state index is 12.6. The summed E-state index contributed by atoms with van der Waals surface area (Å²) in [7, 11) is 0. The molecule has 6 nitrogen and oxygen atoms in total. The Morgan fingerprint density at radius 1 is 1.18 bits per heavy atom.